The zero-order valence-corrected chi connectivity index (χ0v) is 12.5. The molecule has 2 amide bonds. The molecule has 0 aliphatic carbocycles. The second-order valence-corrected chi connectivity index (χ2v) is 5.47. The van der Waals surface area contributed by atoms with Crippen LogP contribution < -0.4 is 0 Å². The standard InChI is InChI=1S/C19H12N2O3/c22-14-7-1-4-12(10-14)11-20-21-18(23)15-8-2-5-13-6-3-9-16(17(13)15)19(21)24/h1-11,22H/b20-11+. The maximum absolute atomic E-state index is 12.6. The first-order valence-electron chi connectivity index (χ1n) is 7.39. The van der Waals surface area contributed by atoms with Crippen molar-refractivity contribution in [3.05, 3.63) is 77.4 Å². The minimum atomic E-state index is -0.458. The maximum atomic E-state index is 12.6. The molecule has 0 saturated heterocycles. The smallest absolute Gasteiger partial charge is 0.282 e. The summed E-state index contributed by atoms with van der Waals surface area (Å²) in [4.78, 5) is 25.3. The number of carbonyl (C=O) groups is 2. The molecule has 3 aromatic carbocycles. The van der Waals surface area contributed by atoms with E-state index in [2.05, 4.69) is 5.10 Å². The molecule has 1 aliphatic heterocycles. The number of hydrogen-bond acceptors (Lipinski definition) is 4. The molecule has 1 aliphatic rings. The number of carbonyl (C=O) groups excluding carboxylic acids is 2. The van der Waals surface area contributed by atoms with Gasteiger partial charge in [0.15, 0.2) is 0 Å². The Morgan fingerprint density at radius 2 is 1.50 bits per heavy atom. The lowest BCUT2D eigenvalue weighted by molar-refractivity contribution is 0.0616. The molecule has 0 unspecified atom stereocenters. The van der Waals surface area contributed by atoms with Crippen molar-refractivity contribution >= 4 is 28.8 Å². The van der Waals surface area contributed by atoms with Crippen LogP contribution in [0.2, 0.25) is 0 Å². The summed E-state index contributed by atoms with van der Waals surface area (Å²) in [7, 11) is 0. The molecule has 0 saturated carbocycles. The van der Waals surface area contributed by atoms with Gasteiger partial charge in [-0.05, 0) is 35.2 Å². The van der Waals surface area contributed by atoms with Crippen LogP contribution in [0.4, 0.5) is 0 Å². The van der Waals surface area contributed by atoms with E-state index in [4.69, 9.17) is 0 Å². The van der Waals surface area contributed by atoms with E-state index in [9.17, 15) is 14.7 Å². The van der Waals surface area contributed by atoms with Gasteiger partial charge in [0, 0.05) is 5.39 Å². The van der Waals surface area contributed by atoms with Gasteiger partial charge in [-0.15, -0.1) is 0 Å². The van der Waals surface area contributed by atoms with Crippen LogP contribution in [0, 0.1) is 0 Å². The van der Waals surface area contributed by atoms with Crippen LogP contribution in [0.25, 0.3) is 10.8 Å². The molecule has 24 heavy (non-hydrogen) atoms. The highest BCUT2D eigenvalue weighted by Gasteiger charge is 2.32. The molecule has 0 aromatic heterocycles. The lowest BCUT2D eigenvalue weighted by Crippen LogP contribution is -2.36. The van der Waals surface area contributed by atoms with Gasteiger partial charge in [0.05, 0.1) is 17.3 Å². The first-order chi connectivity index (χ1) is 11.6. The third kappa shape index (κ3) is 2.14. The molecule has 0 spiro atoms. The largest absolute Gasteiger partial charge is 0.508 e. The SMILES string of the molecule is O=C1c2cccc3cccc(c23)C(=O)N1/N=C/c1cccc(O)c1. The van der Waals surface area contributed by atoms with E-state index in [0.29, 0.717) is 22.1 Å². The molecule has 116 valence electrons. The Labute approximate surface area is 137 Å². The Morgan fingerprint density at radius 3 is 2.12 bits per heavy atom. The fourth-order valence-corrected chi connectivity index (χ4v) is 2.85. The van der Waals surface area contributed by atoms with Gasteiger partial charge in [-0.2, -0.15) is 10.1 Å². The number of hydrogen-bond donors (Lipinski definition) is 1. The third-order valence-corrected chi connectivity index (χ3v) is 3.94. The summed E-state index contributed by atoms with van der Waals surface area (Å²) in [5.74, 6) is -0.827. The average molecular weight is 316 g/mol. The van der Waals surface area contributed by atoms with Crippen molar-refractivity contribution in [3.8, 4) is 5.75 Å². The molecule has 5 nitrogen and oxygen atoms in total. The molecule has 0 atom stereocenters. The van der Waals surface area contributed by atoms with Gasteiger partial charge in [-0.25, -0.2) is 0 Å². The summed E-state index contributed by atoms with van der Waals surface area (Å²) in [6, 6.07) is 17.1. The van der Waals surface area contributed by atoms with Crippen LogP contribution in [-0.2, 0) is 0 Å². The first-order valence-corrected chi connectivity index (χ1v) is 7.39. The van der Waals surface area contributed by atoms with Crippen LogP contribution >= 0.6 is 0 Å². The topological polar surface area (TPSA) is 70.0 Å². The summed E-state index contributed by atoms with van der Waals surface area (Å²) < 4.78 is 0. The number of hydrazone groups is 1. The summed E-state index contributed by atoms with van der Waals surface area (Å²) in [6.45, 7) is 0. The van der Waals surface area contributed by atoms with Crippen molar-refractivity contribution in [2.75, 3.05) is 0 Å². The van der Waals surface area contributed by atoms with Crippen LogP contribution in [0.3, 0.4) is 0 Å². The predicted octanol–water partition coefficient (Wildman–Crippen LogP) is 3.18. The van der Waals surface area contributed by atoms with Crippen LogP contribution in [0.15, 0.2) is 65.8 Å². The van der Waals surface area contributed by atoms with Crippen molar-refractivity contribution < 1.29 is 14.7 Å². The Balaban J connectivity index is 1.79. The van der Waals surface area contributed by atoms with Gasteiger partial charge in [0.25, 0.3) is 11.8 Å². The van der Waals surface area contributed by atoms with E-state index in [1.165, 1.54) is 18.3 Å². The number of aromatic hydroxyl groups is 1. The van der Waals surface area contributed by atoms with E-state index >= 15 is 0 Å². The summed E-state index contributed by atoms with van der Waals surface area (Å²) in [5, 5.41) is 15.9. The van der Waals surface area contributed by atoms with Crippen molar-refractivity contribution in [1.82, 2.24) is 5.01 Å². The molecule has 0 fully saturated rings. The lowest BCUT2D eigenvalue weighted by atomic mass is 9.95. The predicted molar refractivity (Wildman–Crippen MR) is 90.1 cm³/mol. The minimum absolute atomic E-state index is 0.0883. The molecule has 4 rings (SSSR count). The quantitative estimate of drug-likeness (QED) is 0.583. The molecule has 0 radical (unpaired) electrons. The molecule has 1 heterocycles. The van der Waals surface area contributed by atoms with E-state index in [0.717, 1.165) is 10.4 Å². The van der Waals surface area contributed by atoms with Gasteiger partial charge < -0.3 is 5.11 Å². The highest BCUT2D eigenvalue weighted by molar-refractivity contribution is 6.25. The lowest BCUT2D eigenvalue weighted by Gasteiger charge is -2.22. The van der Waals surface area contributed by atoms with Gasteiger partial charge in [0.1, 0.15) is 5.75 Å². The number of rotatable bonds is 2. The van der Waals surface area contributed by atoms with E-state index < -0.39 is 11.8 Å². The minimum Gasteiger partial charge on any atom is -0.508 e. The Bertz CT molecular complexity index is 973. The first kappa shape index (κ1) is 14.1. The fourth-order valence-electron chi connectivity index (χ4n) is 2.85. The summed E-state index contributed by atoms with van der Waals surface area (Å²) in [6.07, 6.45) is 1.38. The molecule has 1 N–H and O–H groups in total. The van der Waals surface area contributed by atoms with E-state index in [1.54, 1.807) is 36.4 Å². The number of phenolic OH excluding ortho intramolecular Hbond substituents is 1. The maximum Gasteiger partial charge on any atom is 0.282 e. The van der Waals surface area contributed by atoms with Crippen molar-refractivity contribution in [3.63, 3.8) is 0 Å². The second kappa shape index (κ2) is 5.31. The fraction of sp³-hybridized carbons (Fsp3) is 0. The molecule has 5 heteroatoms. The van der Waals surface area contributed by atoms with Gasteiger partial charge >= 0.3 is 0 Å². The second-order valence-electron chi connectivity index (χ2n) is 5.47. The normalized spacial score (nSPS) is 13.9. The number of nitrogens with zero attached hydrogens (tertiary/aromatic N) is 2. The van der Waals surface area contributed by atoms with E-state index in [1.807, 2.05) is 12.1 Å². The highest BCUT2D eigenvalue weighted by atomic mass is 16.3. The Kier molecular flexibility index (Phi) is 3.13. The molecule has 0 bridgehead atoms. The molecular formula is C19H12N2O3. The van der Waals surface area contributed by atoms with Crippen molar-refractivity contribution in [1.29, 1.82) is 0 Å². The van der Waals surface area contributed by atoms with Gasteiger partial charge in [-0.3, -0.25) is 9.59 Å². The highest BCUT2D eigenvalue weighted by Crippen LogP contribution is 2.30. The Morgan fingerprint density at radius 1 is 0.875 bits per heavy atom. The van der Waals surface area contributed by atoms with Crippen LogP contribution in [0.5, 0.6) is 5.75 Å². The van der Waals surface area contributed by atoms with Crippen LogP contribution in [-0.4, -0.2) is 28.1 Å². The van der Waals surface area contributed by atoms with E-state index in [-0.39, 0.29) is 5.75 Å². The van der Waals surface area contributed by atoms with Crippen LogP contribution in [0.1, 0.15) is 26.3 Å². The summed E-state index contributed by atoms with van der Waals surface area (Å²) in [5.41, 5.74) is 1.50. The number of phenols is 1. The summed E-state index contributed by atoms with van der Waals surface area (Å²) >= 11 is 0. The third-order valence-electron chi connectivity index (χ3n) is 3.94. The van der Waals surface area contributed by atoms with Crippen molar-refractivity contribution in [2.24, 2.45) is 5.10 Å². The van der Waals surface area contributed by atoms with Crippen molar-refractivity contribution in [2.45, 2.75) is 0 Å². The zero-order valence-electron chi connectivity index (χ0n) is 12.5. The number of benzene rings is 3. The molecule has 3 aromatic rings. The number of amides is 2. The zero-order chi connectivity index (χ0) is 16.7. The average Bonchev–Trinajstić information content (AvgIpc) is 2.59. The monoisotopic (exact) mass is 316 g/mol. The Hall–Kier alpha value is -3.47. The van der Waals surface area contributed by atoms with Gasteiger partial charge in [0.2, 0.25) is 0 Å². The van der Waals surface area contributed by atoms with Gasteiger partial charge in [-0.1, -0.05) is 36.4 Å². The molecular weight excluding hydrogens is 304 g/mol. The number of imide groups is 1.